The summed E-state index contributed by atoms with van der Waals surface area (Å²) in [5, 5.41) is 9.73. The van der Waals surface area contributed by atoms with E-state index in [0.717, 1.165) is 25.7 Å². The lowest BCUT2D eigenvalue weighted by atomic mass is 10.0. The number of hydrogen-bond acceptors (Lipinski definition) is 2. The zero-order valence-electron chi connectivity index (χ0n) is 12.4. The van der Waals surface area contributed by atoms with Gasteiger partial charge in [-0.15, -0.1) is 0 Å². The molecule has 0 saturated heterocycles. The van der Waals surface area contributed by atoms with Crippen molar-refractivity contribution in [3.8, 4) is 0 Å². The van der Waals surface area contributed by atoms with Crippen LogP contribution >= 0.6 is 0 Å². The van der Waals surface area contributed by atoms with E-state index < -0.39 is 6.10 Å². The second-order valence-corrected chi connectivity index (χ2v) is 5.35. The van der Waals surface area contributed by atoms with Crippen LogP contribution < -0.4 is 0 Å². The number of rotatable bonds is 13. The van der Waals surface area contributed by atoms with E-state index >= 15 is 0 Å². The van der Waals surface area contributed by atoms with Crippen molar-refractivity contribution in [1.29, 1.82) is 0 Å². The van der Waals surface area contributed by atoms with Gasteiger partial charge in [0.05, 0.1) is 0 Å². The molecular weight excluding hydrogens is 224 g/mol. The Kier molecular flexibility index (Phi) is 12.8. The molecule has 2 nitrogen and oxygen atoms in total. The minimum absolute atomic E-state index is 0.0574. The van der Waals surface area contributed by atoms with Crippen molar-refractivity contribution < 1.29 is 9.90 Å². The van der Waals surface area contributed by atoms with Crippen molar-refractivity contribution in [3.63, 3.8) is 0 Å². The molecule has 0 aliphatic heterocycles. The van der Waals surface area contributed by atoms with E-state index in [1.807, 2.05) is 0 Å². The molecule has 0 saturated carbocycles. The molecule has 0 bridgehead atoms. The molecule has 0 aromatic carbocycles. The smallest absolute Gasteiger partial charge is 0.161 e. The van der Waals surface area contributed by atoms with Crippen LogP contribution in [0.25, 0.3) is 0 Å². The van der Waals surface area contributed by atoms with E-state index in [4.69, 9.17) is 0 Å². The maximum atomic E-state index is 11.6. The number of carbonyl (C=O) groups excluding carboxylic acids is 1. The second-order valence-electron chi connectivity index (χ2n) is 5.35. The Balaban J connectivity index is 3.39. The predicted octanol–water partition coefficient (Wildman–Crippen LogP) is 4.64. The van der Waals surface area contributed by atoms with Gasteiger partial charge in [-0.1, -0.05) is 71.6 Å². The molecule has 0 aromatic heterocycles. The number of aliphatic hydroxyl groups excluding tert-OH is 1. The largest absolute Gasteiger partial charge is 0.385 e. The van der Waals surface area contributed by atoms with Gasteiger partial charge in [-0.05, 0) is 12.8 Å². The van der Waals surface area contributed by atoms with E-state index in [1.165, 1.54) is 38.5 Å². The summed E-state index contributed by atoms with van der Waals surface area (Å²) in [6, 6.07) is 0. The highest BCUT2D eigenvalue weighted by Gasteiger charge is 2.13. The van der Waals surface area contributed by atoms with Gasteiger partial charge in [0.15, 0.2) is 5.78 Å². The van der Waals surface area contributed by atoms with Crippen molar-refractivity contribution >= 4 is 5.78 Å². The topological polar surface area (TPSA) is 37.3 Å². The molecular formula is C16H32O2. The lowest BCUT2D eigenvalue weighted by Crippen LogP contribution is -2.19. The highest BCUT2D eigenvalue weighted by Crippen LogP contribution is 2.11. The Morgan fingerprint density at radius 2 is 1.33 bits per heavy atom. The number of ketones is 1. The van der Waals surface area contributed by atoms with E-state index in [2.05, 4.69) is 13.8 Å². The fraction of sp³-hybridized carbons (Fsp3) is 0.938. The molecule has 0 aliphatic rings. The average molecular weight is 256 g/mol. The SMILES string of the molecule is CCCCCCCC(=O)[C@H](O)CCCCCCC. The molecule has 0 heterocycles. The predicted molar refractivity (Wildman–Crippen MR) is 77.8 cm³/mol. The lowest BCUT2D eigenvalue weighted by Gasteiger charge is -2.09. The van der Waals surface area contributed by atoms with E-state index in [0.29, 0.717) is 12.8 Å². The first kappa shape index (κ1) is 17.6. The normalized spacial score (nSPS) is 12.6. The zero-order valence-corrected chi connectivity index (χ0v) is 12.4. The first-order chi connectivity index (χ1) is 8.72. The minimum atomic E-state index is -0.696. The molecule has 1 atom stereocenters. The summed E-state index contributed by atoms with van der Waals surface area (Å²) >= 11 is 0. The standard InChI is InChI=1S/C16H32O2/c1-3-5-7-9-11-13-15(17)16(18)14-12-10-8-6-4-2/h15,17H,3-14H2,1-2H3/t15-/m1/s1. The van der Waals surface area contributed by atoms with Gasteiger partial charge < -0.3 is 5.11 Å². The van der Waals surface area contributed by atoms with Crippen LogP contribution in [0.3, 0.4) is 0 Å². The fourth-order valence-corrected chi connectivity index (χ4v) is 2.17. The first-order valence-electron chi connectivity index (χ1n) is 7.93. The molecule has 1 N–H and O–H groups in total. The number of carbonyl (C=O) groups is 1. The first-order valence-corrected chi connectivity index (χ1v) is 7.93. The molecule has 0 radical (unpaired) electrons. The Labute approximate surface area is 113 Å². The highest BCUT2D eigenvalue weighted by molar-refractivity contribution is 5.82. The number of aliphatic hydroxyl groups is 1. The van der Waals surface area contributed by atoms with Gasteiger partial charge in [0.25, 0.3) is 0 Å². The number of hydrogen-bond donors (Lipinski definition) is 1. The van der Waals surface area contributed by atoms with Crippen LogP contribution in [-0.4, -0.2) is 17.0 Å². The summed E-state index contributed by atoms with van der Waals surface area (Å²) in [7, 11) is 0. The van der Waals surface area contributed by atoms with E-state index in [9.17, 15) is 9.90 Å². The van der Waals surface area contributed by atoms with Crippen LogP contribution in [0, 0.1) is 0 Å². The Morgan fingerprint density at radius 3 is 1.89 bits per heavy atom. The van der Waals surface area contributed by atoms with Crippen LogP contribution in [0.2, 0.25) is 0 Å². The maximum absolute atomic E-state index is 11.6. The second kappa shape index (κ2) is 13.1. The van der Waals surface area contributed by atoms with Crippen molar-refractivity contribution in [2.75, 3.05) is 0 Å². The third-order valence-electron chi connectivity index (χ3n) is 3.48. The minimum Gasteiger partial charge on any atom is -0.385 e. The van der Waals surface area contributed by atoms with Gasteiger partial charge in [0.1, 0.15) is 6.10 Å². The summed E-state index contributed by atoms with van der Waals surface area (Å²) in [5.41, 5.74) is 0. The van der Waals surface area contributed by atoms with Crippen LogP contribution in [0.5, 0.6) is 0 Å². The molecule has 0 aliphatic carbocycles. The quantitative estimate of drug-likeness (QED) is 0.487. The summed E-state index contributed by atoms with van der Waals surface area (Å²) in [5.74, 6) is 0.0574. The molecule has 0 spiro atoms. The molecule has 2 heteroatoms. The van der Waals surface area contributed by atoms with Gasteiger partial charge in [-0.25, -0.2) is 0 Å². The Bertz CT molecular complexity index is 190. The summed E-state index contributed by atoms with van der Waals surface area (Å²) in [4.78, 5) is 11.6. The van der Waals surface area contributed by atoms with Crippen molar-refractivity contribution in [3.05, 3.63) is 0 Å². The van der Waals surface area contributed by atoms with Crippen molar-refractivity contribution in [2.24, 2.45) is 0 Å². The van der Waals surface area contributed by atoms with Gasteiger partial charge in [-0.3, -0.25) is 4.79 Å². The number of unbranched alkanes of at least 4 members (excludes halogenated alkanes) is 8. The van der Waals surface area contributed by atoms with Crippen molar-refractivity contribution in [1.82, 2.24) is 0 Å². The zero-order chi connectivity index (χ0) is 13.6. The van der Waals surface area contributed by atoms with Gasteiger partial charge >= 0.3 is 0 Å². The van der Waals surface area contributed by atoms with Crippen molar-refractivity contribution in [2.45, 2.75) is 97.0 Å². The molecule has 18 heavy (non-hydrogen) atoms. The average Bonchev–Trinajstić information content (AvgIpc) is 2.37. The number of Topliss-reactive ketones (excluding diaryl/α,β-unsaturated/α-hetero) is 1. The van der Waals surface area contributed by atoms with Gasteiger partial charge in [0, 0.05) is 6.42 Å². The highest BCUT2D eigenvalue weighted by atomic mass is 16.3. The molecule has 0 fully saturated rings. The van der Waals surface area contributed by atoms with E-state index in [1.54, 1.807) is 0 Å². The fourth-order valence-electron chi connectivity index (χ4n) is 2.17. The summed E-state index contributed by atoms with van der Waals surface area (Å²) in [6.07, 6.45) is 12.2. The molecule has 0 unspecified atom stereocenters. The van der Waals surface area contributed by atoms with Crippen LogP contribution in [-0.2, 0) is 4.79 Å². The van der Waals surface area contributed by atoms with E-state index in [-0.39, 0.29) is 5.78 Å². The third kappa shape index (κ3) is 10.8. The lowest BCUT2D eigenvalue weighted by molar-refractivity contribution is -0.127. The van der Waals surface area contributed by atoms with Crippen LogP contribution in [0.4, 0.5) is 0 Å². The van der Waals surface area contributed by atoms with Gasteiger partial charge in [-0.2, -0.15) is 0 Å². The summed E-state index contributed by atoms with van der Waals surface area (Å²) in [6.45, 7) is 4.38. The van der Waals surface area contributed by atoms with Crippen LogP contribution in [0.15, 0.2) is 0 Å². The summed E-state index contributed by atoms with van der Waals surface area (Å²) < 4.78 is 0. The maximum Gasteiger partial charge on any atom is 0.161 e. The third-order valence-corrected chi connectivity index (χ3v) is 3.48. The van der Waals surface area contributed by atoms with Crippen LogP contribution in [0.1, 0.15) is 90.9 Å². The molecule has 0 aromatic rings. The molecule has 108 valence electrons. The molecule has 0 rings (SSSR count). The Morgan fingerprint density at radius 1 is 0.833 bits per heavy atom. The monoisotopic (exact) mass is 256 g/mol. The van der Waals surface area contributed by atoms with Gasteiger partial charge in [0.2, 0.25) is 0 Å². The Hall–Kier alpha value is -0.370. The molecule has 0 amide bonds.